The molecular formula is C19H22ClN7O2. The van der Waals surface area contributed by atoms with Crippen molar-refractivity contribution in [3.8, 4) is 0 Å². The molecule has 0 unspecified atom stereocenters. The summed E-state index contributed by atoms with van der Waals surface area (Å²) >= 11 is 6.05. The van der Waals surface area contributed by atoms with Gasteiger partial charge in [0.25, 0.3) is 0 Å². The molecule has 0 bridgehead atoms. The fourth-order valence-electron chi connectivity index (χ4n) is 3.78. The van der Waals surface area contributed by atoms with Crippen molar-refractivity contribution >= 4 is 28.7 Å². The van der Waals surface area contributed by atoms with Crippen molar-refractivity contribution < 1.29 is 0 Å². The fourth-order valence-corrected chi connectivity index (χ4v) is 3.93. The van der Waals surface area contributed by atoms with E-state index in [0.29, 0.717) is 48.1 Å². The molecule has 1 aliphatic heterocycles. The van der Waals surface area contributed by atoms with Gasteiger partial charge >= 0.3 is 11.1 Å². The van der Waals surface area contributed by atoms with Crippen molar-refractivity contribution in [1.29, 1.82) is 0 Å². The predicted molar refractivity (Wildman–Crippen MR) is 112 cm³/mol. The molecule has 9 nitrogen and oxygen atoms in total. The third-order valence-corrected chi connectivity index (χ3v) is 5.50. The number of aromatic nitrogens is 5. The Kier molecular flexibility index (Phi) is 5.33. The molecule has 10 heteroatoms. The van der Waals surface area contributed by atoms with Gasteiger partial charge in [0.2, 0.25) is 5.95 Å². The summed E-state index contributed by atoms with van der Waals surface area (Å²) in [5.74, 6) is 0.675. The van der Waals surface area contributed by atoms with Gasteiger partial charge in [0.05, 0.1) is 10.5 Å². The number of hydrogen-bond donors (Lipinski definition) is 1. The molecule has 29 heavy (non-hydrogen) atoms. The molecule has 0 atom stereocenters. The number of nitrogens with zero attached hydrogens (tertiary/aromatic N) is 6. The van der Waals surface area contributed by atoms with Gasteiger partial charge < -0.3 is 14.8 Å². The van der Waals surface area contributed by atoms with E-state index in [2.05, 4.69) is 25.2 Å². The van der Waals surface area contributed by atoms with Crippen LogP contribution in [0.5, 0.6) is 0 Å². The van der Waals surface area contributed by atoms with Gasteiger partial charge in [-0.25, -0.2) is 15.0 Å². The number of pyridine rings is 1. The number of anilines is 1. The summed E-state index contributed by atoms with van der Waals surface area (Å²) in [4.78, 5) is 40.5. The molecule has 0 spiro atoms. The Morgan fingerprint density at radius 3 is 2.45 bits per heavy atom. The van der Waals surface area contributed by atoms with E-state index in [1.54, 1.807) is 13.1 Å². The number of piperidine rings is 1. The zero-order valence-corrected chi connectivity index (χ0v) is 17.1. The van der Waals surface area contributed by atoms with Crippen LogP contribution in [0.2, 0.25) is 5.02 Å². The minimum atomic E-state index is -0.576. The van der Waals surface area contributed by atoms with Crippen molar-refractivity contribution in [2.75, 3.05) is 25.0 Å². The number of nitrogens with one attached hydrogen (secondary N) is 1. The topological polar surface area (TPSA) is 97.9 Å². The van der Waals surface area contributed by atoms with Gasteiger partial charge in [0, 0.05) is 56.9 Å². The third kappa shape index (κ3) is 3.63. The highest BCUT2D eigenvalue weighted by atomic mass is 35.5. The molecule has 0 aromatic carbocycles. The molecule has 0 amide bonds. The molecule has 4 rings (SSSR count). The Bertz CT molecular complexity index is 1150. The maximum absolute atomic E-state index is 12.8. The van der Waals surface area contributed by atoms with E-state index >= 15 is 0 Å². The number of halogens is 1. The average molecular weight is 416 g/mol. The van der Waals surface area contributed by atoms with Crippen LogP contribution < -0.4 is 21.3 Å². The molecular weight excluding hydrogens is 394 g/mol. The predicted octanol–water partition coefficient (Wildman–Crippen LogP) is 1.10. The van der Waals surface area contributed by atoms with Crippen LogP contribution in [-0.4, -0.2) is 44.2 Å². The van der Waals surface area contributed by atoms with Crippen molar-refractivity contribution in [3.63, 3.8) is 0 Å². The first kappa shape index (κ1) is 19.5. The molecule has 1 N–H and O–H groups in total. The Labute approximate surface area is 172 Å². The quantitative estimate of drug-likeness (QED) is 0.637. The Hall–Kier alpha value is -2.78. The summed E-state index contributed by atoms with van der Waals surface area (Å²) in [7, 11) is 3.44. The molecule has 4 heterocycles. The van der Waals surface area contributed by atoms with E-state index in [1.165, 1.54) is 15.3 Å². The average Bonchev–Trinajstić information content (AvgIpc) is 2.74. The van der Waals surface area contributed by atoms with Crippen molar-refractivity contribution in [3.05, 3.63) is 56.0 Å². The van der Waals surface area contributed by atoms with E-state index in [0.717, 1.165) is 12.1 Å². The van der Waals surface area contributed by atoms with Gasteiger partial charge in [-0.1, -0.05) is 11.6 Å². The highest BCUT2D eigenvalue weighted by Crippen LogP contribution is 2.26. The zero-order valence-electron chi connectivity index (χ0n) is 16.3. The molecule has 3 aromatic rings. The second-order valence-corrected chi connectivity index (χ2v) is 7.61. The van der Waals surface area contributed by atoms with Gasteiger partial charge in [-0.3, -0.25) is 14.2 Å². The molecule has 1 saturated heterocycles. The lowest BCUT2D eigenvalue weighted by Gasteiger charge is -2.33. The molecule has 0 aliphatic carbocycles. The molecule has 0 saturated carbocycles. The maximum Gasteiger partial charge on any atom is 0.318 e. The Morgan fingerprint density at radius 1 is 1.10 bits per heavy atom. The molecule has 3 aromatic heterocycles. The lowest BCUT2D eigenvalue weighted by atomic mass is 10.0. The monoisotopic (exact) mass is 415 g/mol. The van der Waals surface area contributed by atoms with Crippen molar-refractivity contribution in [1.82, 2.24) is 29.4 Å². The second kappa shape index (κ2) is 7.92. The molecule has 1 aliphatic rings. The van der Waals surface area contributed by atoms with E-state index in [-0.39, 0.29) is 6.04 Å². The smallest absolute Gasteiger partial charge is 0.318 e. The summed E-state index contributed by atoms with van der Waals surface area (Å²) < 4.78 is 2.84. The van der Waals surface area contributed by atoms with Gasteiger partial charge in [-0.2, -0.15) is 0 Å². The standard InChI is InChI=1S/C19H22ClN7O2/c1-21-8-12-9-23-19(24-10-12)26-5-3-14(4-6-26)27-16-15(7-13(20)11-22-16)25(2)17(28)18(27)29/h7,9-11,14,21H,3-6,8H2,1-2H3. The summed E-state index contributed by atoms with van der Waals surface area (Å²) in [5.41, 5.74) is 0.919. The summed E-state index contributed by atoms with van der Waals surface area (Å²) in [6.07, 6.45) is 6.51. The maximum atomic E-state index is 12.8. The van der Waals surface area contributed by atoms with Crippen LogP contribution in [0.4, 0.5) is 5.95 Å². The van der Waals surface area contributed by atoms with E-state index in [9.17, 15) is 9.59 Å². The summed E-state index contributed by atoms with van der Waals surface area (Å²) in [6, 6.07) is 1.55. The number of rotatable bonds is 4. The van der Waals surface area contributed by atoms with Crippen LogP contribution in [0, 0.1) is 0 Å². The largest absolute Gasteiger partial charge is 0.341 e. The normalized spacial score (nSPS) is 15.2. The van der Waals surface area contributed by atoms with Crippen LogP contribution in [0.3, 0.4) is 0 Å². The third-order valence-electron chi connectivity index (χ3n) is 5.29. The highest BCUT2D eigenvalue weighted by molar-refractivity contribution is 6.31. The SMILES string of the molecule is CNCc1cnc(N2CCC(n3c(=O)c(=O)n(C)c4cc(Cl)cnc43)CC2)nc1. The van der Waals surface area contributed by atoms with Crippen molar-refractivity contribution in [2.45, 2.75) is 25.4 Å². The first-order chi connectivity index (χ1) is 14.0. The van der Waals surface area contributed by atoms with E-state index in [4.69, 9.17) is 11.6 Å². The minimum Gasteiger partial charge on any atom is -0.341 e. The van der Waals surface area contributed by atoms with Gasteiger partial charge in [-0.05, 0) is 26.0 Å². The minimum absolute atomic E-state index is 0.118. The second-order valence-electron chi connectivity index (χ2n) is 7.18. The first-order valence-electron chi connectivity index (χ1n) is 9.47. The summed E-state index contributed by atoms with van der Waals surface area (Å²) in [6.45, 7) is 2.10. The Morgan fingerprint density at radius 2 is 1.79 bits per heavy atom. The van der Waals surface area contributed by atoms with Crippen LogP contribution in [-0.2, 0) is 13.6 Å². The van der Waals surface area contributed by atoms with E-state index in [1.807, 2.05) is 19.4 Å². The van der Waals surface area contributed by atoms with Gasteiger partial charge in [0.1, 0.15) is 0 Å². The lowest BCUT2D eigenvalue weighted by molar-refractivity contribution is 0.389. The summed E-state index contributed by atoms with van der Waals surface area (Å²) in [5, 5.41) is 3.49. The lowest BCUT2D eigenvalue weighted by Crippen LogP contribution is -2.45. The number of aryl methyl sites for hydroxylation is 1. The van der Waals surface area contributed by atoms with Crippen LogP contribution in [0.25, 0.3) is 11.2 Å². The Balaban J connectivity index is 1.61. The first-order valence-corrected chi connectivity index (χ1v) is 9.84. The molecule has 1 fully saturated rings. The van der Waals surface area contributed by atoms with Crippen LogP contribution in [0.1, 0.15) is 24.4 Å². The van der Waals surface area contributed by atoms with Gasteiger partial charge in [-0.15, -0.1) is 0 Å². The number of hydrogen-bond acceptors (Lipinski definition) is 7. The van der Waals surface area contributed by atoms with Crippen molar-refractivity contribution in [2.24, 2.45) is 7.05 Å². The fraction of sp³-hybridized carbons (Fsp3) is 0.421. The number of fused-ring (bicyclic) bond motifs is 1. The van der Waals surface area contributed by atoms with Crippen LogP contribution >= 0.6 is 11.6 Å². The highest BCUT2D eigenvalue weighted by Gasteiger charge is 2.26. The molecule has 0 radical (unpaired) electrons. The van der Waals surface area contributed by atoms with E-state index < -0.39 is 11.1 Å². The zero-order chi connectivity index (χ0) is 20.5. The van der Waals surface area contributed by atoms with Crippen LogP contribution in [0.15, 0.2) is 34.2 Å². The molecule has 152 valence electrons. The van der Waals surface area contributed by atoms with Gasteiger partial charge in [0.15, 0.2) is 5.65 Å².